The number of sulfonamides is 1. The number of anilines is 2. The molecule has 0 saturated carbocycles. The number of likely N-dealkylation sites (N-methyl/N-ethyl adjacent to an activating group) is 1. The zero-order valence-corrected chi connectivity index (χ0v) is 16.0. The molecular weight excluding hydrogens is 405 g/mol. The first kappa shape index (κ1) is 19.6. The van der Waals surface area contributed by atoms with Crippen molar-refractivity contribution in [2.45, 2.75) is 18.0 Å². The van der Waals surface area contributed by atoms with Gasteiger partial charge in [-0.05, 0) is 36.8 Å². The largest absolute Gasteiger partial charge is 0.490 e. The van der Waals surface area contributed by atoms with Crippen molar-refractivity contribution in [1.82, 2.24) is 0 Å². The Labute approximate surface area is 159 Å². The van der Waals surface area contributed by atoms with Crippen LogP contribution in [0.1, 0.15) is 11.1 Å². The second-order valence-electron chi connectivity index (χ2n) is 6.15. The van der Waals surface area contributed by atoms with Crippen LogP contribution in [0.25, 0.3) is 0 Å². The molecule has 10 heteroatoms. The smallest absolute Gasteiger partial charge is 0.416 e. The number of benzene rings is 2. The molecular formula is C17H16ClF3N2O3S. The number of nitrogens with zero attached hydrogens (tertiary/aromatic N) is 1. The van der Waals surface area contributed by atoms with E-state index in [1.54, 1.807) is 13.0 Å². The van der Waals surface area contributed by atoms with Crippen LogP contribution in [0.3, 0.4) is 0 Å². The number of alkyl halides is 3. The van der Waals surface area contributed by atoms with Gasteiger partial charge in [0.15, 0.2) is 0 Å². The lowest BCUT2D eigenvalue weighted by Gasteiger charge is -2.28. The lowest BCUT2D eigenvalue weighted by Crippen LogP contribution is -2.29. The highest BCUT2D eigenvalue weighted by Crippen LogP contribution is 2.37. The van der Waals surface area contributed by atoms with Gasteiger partial charge in [-0.3, -0.25) is 4.72 Å². The van der Waals surface area contributed by atoms with Crippen LogP contribution in [0.5, 0.6) is 5.75 Å². The molecule has 0 fully saturated rings. The summed E-state index contributed by atoms with van der Waals surface area (Å²) >= 11 is 5.89. The van der Waals surface area contributed by atoms with Crippen LogP contribution in [0.4, 0.5) is 24.5 Å². The van der Waals surface area contributed by atoms with Gasteiger partial charge in [0.1, 0.15) is 12.4 Å². The first-order chi connectivity index (χ1) is 12.5. The molecule has 0 radical (unpaired) electrons. The van der Waals surface area contributed by atoms with Crippen molar-refractivity contribution in [3.63, 3.8) is 0 Å². The van der Waals surface area contributed by atoms with Gasteiger partial charge in [0.05, 0.1) is 33.4 Å². The third-order valence-electron chi connectivity index (χ3n) is 4.18. The van der Waals surface area contributed by atoms with Crippen LogP contribution in [-0.4, -0.2) is 28.6 Å². The SMILES string of the molecule is Cc1cc2c(cc1S(=O)(=O)Nc1cc(C(F)(F)F)ccc1Cl)OCCN2C. The normalized spacial score (nSPS) is 14.5. The lowest BCUT2D eigenvalue weighted by atomic mass is 10.1. The minimum absolute atomic E-state index is 0.0926. The molecule has 0 bridgehead atoms. The zero-order chi connectivity index (χ0) is 20.0. The molecule has 0 saturated heterocycles. The van der Waals surface area contributed by atoms with Gasteiger partial charge >= 0.3 is 6.18 Å². The predicted molar refractivity (Wildman–Crippen MR) is 97.2 cm³/mol. The number of ether oxygens (including phenoxy) is 1. The monoisotopic (exact) mass is 420 g/mol. The Kier molecular flexibility index (Phi) is 4.94. The fourth-order valence-electron chi connectivity index (χ4n) is 2.75. The summed E-state index contributed by atoms with van der Waals surface area (Å²) in [4.78, 5) is 1.84. The van der Waals surface area contributed by atoms with E-state index in [9.17, 15) is 21.6 Å². The standard InChI is InChI=1S/C17H16ClF3N2O3S/c1-10-7-14-15(26-6-5-23(14)2)9-16(10)27(24,25)22-13-8-11(17(19,20)21)3-4-12(13)18/h3-4,7-9,22H,5-6H2,1-2H3. The van der Waals surface area contributed by atoms with Gasteiger partial charge in [0.25, 0.3) is 10.0 Å². The van der Waals surface area contributed by atoms with Crippen molar-refractivity contribution < 1.29 is 26.3 Å². The zero-order valence-electron chi connectivity index (χ0n) is 14.4. The predicted octanol–water partition coefficient (Wildman–Crippen LogP) is 4.30. The quantitative estimate of drug-likeness (QED) is 0.804. The second-order valence-corrected chi connectivity index (χ2v) is 8.21. The van der Waals surface area contributed by atoms with Gasteiger partial charge in [-0.15, -0.1) is 0 Å². The first-order valence-electron chi connectivity index (χ1n) is 7.87. The summed E-state index contributed by atoms with van der Waals surface area (Å²) in [5.74, 6) is 0.393. The fraction of sp³-hybridized carbons (Fsp3) is 0.294. The first-order valence-corrected chi connectivity index (χ1v) is 9.73. The molecule has 0 amide bonds. The molecule has 0 aromatic heterocycles. The van der Waals surface area contributed by atoms with E-state index in [1.807, 2.05) is 11.9 Å². The number of hydrogen-bond acceptors (Lipinski definition) is 4. The molecule has 2 aromatic rings. The minimum atomic E-state index is -4.62. The Morgan fingerprint density at radius 1 is 1.22 bits per heavy atom. The van der Waals surface area contributed by atoms with Gasteiger partial charge in [-0.2, -0.15) is 13.2 Å². The van der Waals surface area contributed by atoms with Crippen molar-refractivity contribution in [2.24, 2.45) is 0 Å². The summed E-state index contributed by atoms with van der Waals surface area (Å²) in [6, 6.07) is 5.48. The van der Waals surface area contributed by atoms with E-state index in [1.165, 1.54) is 6.07 Å². The number of aryl methyl sites for hydroxylation is 1. The second kappa shape index (κ2) is 6.79. The van der Waals surface area contributed by atoms with Gasteiger partial charge in [0.2, 0.25) is 0 Å². The van der Waals surface area contributed by atoms with Crippen LogP contribution < -0.4 is 14.4 Å². The van der Waals surface area contributed by atoms with Crippen LogP contribution in [0.2, 0.25) is 5.02 Å². The summed E-state index contributed by atoms with van der Waals surface area (Å²) < 4.78 is 71.9. The number of rotatable bonds is 3. The molecule has 1 aliphatic rings. The lowest BCUT2D eigenvalue weighted by molar-refractivity contribution is -0.137. The molecule has 0 aliphatic carbocycles. The Morgan fingerprint density at radius 2 is 1.93 bits per heavy atom. The Morgan fingerprint density at radius 3 is 2.59 bits per heavy atom. The number of halogens is 4. The van der Waals surface area contributed by atoms with Crippen molar-refractivity contribution in [2.75, 3.05) is 29.8 Å². The summed E-state index contributed by atoms with van der Waals surface area (Å²) in [5, 5.41) is -0.141. The van der Waals surface area contributed by atoms with E-state index in [-0.39, 0.29) is 15.6 Å². The maximum atomic E-state index is 12.9. The molecule has 3 rings (SSSR count). The van der Waals surface area contributed by atoms with Gasteiger partial charge in [0, 0.05) is 13.1 Å². The molecule has 0 atom stereocenters. The molecule has 146 valence electrons. The average Bonchev–Trinajstić information content (AvgIpc) is 2.56. The summed E-state index contributed by atoms with van der Waals surface area (Å²) in [6.45, 7) is 2.67. The van der Waals surface area contributed by atoms with Crippen LogP contribution in [-0.2, 0) is 16.2 Å². The van der Waals surface area contributed by atoms with E-state index in [4.69, 9.17) is 16.3 Å². The number of hydrogen-bond donors (Lipinski definition) is 1. The Balaban J connectivity index is 2.01. The van der Waals surface area contributed by atoms with Crippen LogP contribution in [0.15, 0.2) is 35.2 Å². The third-order valence-corrected chi connectivity index (χ3v) is 6.02. The summed E-state index contributed by atoms with van der Waals surface area (Å²) in [7, 11) is -2.32. The van der Waals surface area contributed by atoms with Crippen LogP contribution >= 0.6 is 11.6 Å². The Hall–Kier alpha value is -2.13. The maximum absolute atomic E-state index is 12.9. The van der Waals surface area contributed by atoms with Gasteiger partial charge in [-0.25, -0.2) is 8.42 Å². The van der Waals surface area contributed by atoms with Crippen molar-refractivity contribution >= 4 is 33.0 Å². The van der Waals surface area contributed by atoms with E-state index in [0.717, 1.165) is 17.8 Å². The van der Waals surface area contributed by atoms with E-state index in [2.05, 4.69) is 4.72 Å². The molecule has 1 N–H and O–H groups in total. The molecule has 0 spiro atoms. The van der Waals surface area contributed by atoms with E-state index < -0.39 is 21.8 Å². The summed E-state index contributed by atoms with van der Waals surface area (Å²) in [5.41, 5.74) is -0.171. The van der Waals surface area contributed by atoms with E-state index in [0.29, 0.717) is 30.5 Å². The highest BCUT2D eigenvalue weighted by Gasteiger charge is 2.32. The van der Waals surface area contributed by atoms with Crippen LogP contribution in [0, 0.1) is 6.92 Å². The number of nitrogens with one attached hydrogen (secondary N) is 1. The molecule has 2 aromatic carbocycles. The third kappa shape index (κ3) is 3.93. The molecule has 0 unspecified atom stereocenters. The van der Waals surface area contributed by atoms with E-state index >= 15 is 0 Å². The van der Waals surface area contributed by atoms with Crippen molar-refractivity contribution in [1.29, 1.82) is 0 Å². The molecule has 27 heavy (non-hydrogen) atoms. The topological polar surface area (TPSA) is 58.6 Å². The number of fused-ring (bicyclic) bond motifs is 1. The van der Waals surface area contributed by atoms with Crippen molar-refractivity contribution in [3.8, 4) is 5.75 Å². The average molecular weight is 421 g/mol. The highest BCUT2D eigenvalue weighted by molar-refractivity contribution is 7.92. The van der Waals surface area contributed by atoms with Gasteiger partial charge in [-0.1, -0.05) is 11.6 Å². The summed E-state index contributed by atoms with van der Waals surface area (Å²) in [6.07, 6.45) is -4.62. The molecule has 1 heterocycles. The maximum Gasteiger partial charge on any atom is 0.416 e. The van der Waals surface area contributed by atoms with Gasteiger partial charge < -0.3 is 9.64 Å². The molecule has 1 aliphatic heterocycles. The fourth-order valence-corrected chi connectivity index (χ4v) is 4.28. The minimum Gasteiger partial charge on any atom is -0.490 e. The molecule has 5 nitrogen and oxygen atoms in total. The van der Waals surface area contributed by atoms with Crippen molar-refractivity contribution in [3.05, 3.63) is 46.5 Å². The highest BCUT2D eigenvalue weighted by atomic mass is 35.5. The Bertz CT molecular complexity index is 994.